The zero-order valence-electron chi connectivity index (χ0n) is 10.8. The van der Waals surface area contributed by atoms with Crippen LogP contribution in [-0.2, 0) is 11.2 Å². The molecule has 2 unspecified atom stereocenters. The molecule has 0 amide bonds. The first-order valence-corrected chi connectivity index (χ1v) is 6.74. The highest BCUT2D eigenvalue weighted by atomic mass is 19.1. The number of aryl methyl sites for hydroxylation is 1. The molecule has 2 aliphatic rings. The van der Waals surface area contributed by atoms with Crippen LogP contribution in [0.15, 0.2) is 18.2 Å². The molecule has 1 saturated heterocycles. The summed E-state index contributed by atoms with van der Waals surface area (Å²) >= 11 is 0. The molecule has 1 aromatic rings. The zero-order valence-corrected chi connectivity index (χ0v) is 10.8. The first-order chi connectivity index (χ1) is 8.58. The van der Waals surface area contributed by atoms with E-state index in [0.717, 1.165) is 30.6 Å². The van der Waals surface area contributed by atoms with Crippen molar-refractivity contribution in [1.82, 2.24) is 0 Å². The average molecular weight is 249 g/mol. The predicted octanol–water partition coefficient (Wildman–Crippen LogP) is 2.57. The van der Waals surface area contributed by atoms with Crippen LogP contribution in [0.4, 0.5) is 4.39 Å². The van der Waals surface area contributed by atoms with E-state index >= 15 is 0 Å². The molecule has 2 fully saturated rings. The van der Waals surface area contributed by atoms with Crippen LogP contribution in [0.25, 0.3) is 0 Å². The molecule has 2 nitrogen and oxygen atoms in total. The summed E-state index contributed by atoms with van der Waals surface area (Å²) in [6, 6.07) is 4.95. The van der Waals surface area contributed by atoms with Gasteiger partial charge in [0.1, 0.15) is 5.82 Å². The molecule has 0 radical (unpaired) electrons. The summed E-state index contributed by atoms with van der Waals surface area (Å²) in [5, 5.41) is 0. The standard InChI is InChI=1S/C15H20FNO/c1-10-2-5-13(16)8-12(10)9-15(17)6-7-18-14(15)11-3-4-11/h2,5,8,11,14H,3-4,6-7,9,17H2,1H3. The lowest BCUT2D eigenvalue weighted by Crippen LogP contribution is -2.50. The van der Waals surface area contributed by atoms with E-state index in [-0.39, 0.29) is 17.5 Å². The lowest BCUT2D eigenvalue weighted by molar-refractivity contribution is 0.0626. The van der Waals surface area contributed by atoms with Crippen LogP contribution >= 0.6 is 0 Å². The van der Waals surface area contributed by atoms with E-state index in [0.29, 0.717) is 5.92 Å². The van der Waals surface area contributed by atoms with Crippen LogP contribution in [0.3, 0.4) is 0 Å². The van der Waals surface area contributed by atoms with Crippen molar-refractivity contribution in [1.29, 1.82) is 0 Å². The summed E-state index contributed by atoms with van der Waals surface area (Å²) in [7, 11) is 0. The van der Waals surface area contributed by atoms with Gasteiger partial charge < -0.3 is 10.5 Å². The number of hydrogen-bond acceptors (Lipinski definition) is 2. The van der Waals surface area contributed by atoms with E-state index < -0.39 is 0 Å². The number of ether oxygens (including phenoxy) is 1. The number of nitrogens with two attached hydrogens (primary N) is 1. The van der Waals surface area contributed by atoms with Gasteiger partial charge in [-0.05, 0) is 61.8 Å². The highest BCUT2D eigenvalue weighted by molar-refractivity contribution is 5.29. The second kappa shape index (κ2) is 4.32. The van der Waals surface area contributed by atoms with Gasteiger partial charge >= 0.3 is 0 Å². The lowest BCUT2D eigenvalue weighted by Gasteiger charge is -2.30. The van der Waals surface area contributed by atoms with Crippen molar-refractivity contribution in [2.45, 2.75) is 44.2 Å². The monoisotopic (exact) mass is 249 g/mol. The van der Waals surface area contributed by atoms with E-state index in [9.17, 15) is 4.39 Å². The highest BCUT2D eigenvalue weighted by Gasteiger charge is 2.48. The van der Waals surface area contributed by atoms with Crippen LogP contribution in [0, 0.1) is 18.7 Å². The van der Waals surface area contributed by atoms with Crippen LogP contribution in [0.1, 0.15) is 30.4 Å². The van der Waals surface area contributed by atoms with E-state index in [1.165, 1.54) is 18.9 Å². The van der Waals surface area contributed by atoms with E-state index in [1.54, 1.807) is 6.07 Å². The fraction of sp³-hybridized carbons (Fsp3) is 0.600. The Labute approximate surface area is 107 Å². The molecule has 98 valence electrons. The number of hydrogen-bond donors (Lipinski definition) is 1. The van der Waals surface area contributed by atoms with Crippen LogP contribution in [0.5, 0.6) is 0 Å². The molecule has 0 aromatic heterocycles. The maximum absolute atomic E-state index is 13.3. The maximum Gasteiger partial charge on any atom is 0.123 e. The fourth-order valence-corrected chi connectivity index (χ4v) is 3.06. The van der Waals surface area contributed by atoms with Gasteiger partial charge in [0.2, 0.25) is 0 Å². The molecule has 1 heterocycles. The molecule has 1 aliphatic carbocycles. The Hall–Kier alpha value is -0.930. The second-order valence-electron chi connectivity index (χ2n) is 5.86. The minimum absolute atomic E-state index is 0.167. The Bertz CT molecular complexity index is 458. The average Bonchev–Trinajstić information content (AvgIpc) is 3.08. The fourth-order valence-electron chi connectivity index (χ4n) is 3.06. The number of rotatable bonds is 3. The van der Waals surface area contributed by atoms with E-state index in [4.69, 9.17) is 10.5 Å². The molecule has 18 heavy (non-hydrogen) atoms. The van der Waals surface area contributed by atoms with Crippen molar-refractivity contribution in [3.05, 3.63) is 35.1 Å². The first-order valence-electron chi connectivity index (χ1n) is 6.74. The van der Waals surface area contributed by atoms with E-state index in [2.05, 4.69) is 0 Å². The van der Waals surface area contributed by atoms with Gasteiger partial charge in [0.05, 0.1) is 6.10 Å². The first kappa shape index (κ1) is 12.1. The normalized spacial score (nSPS) is 31.8. The third-order valence-electron chi connectivity index (χ3n) is 4.31. The summed E-state index contributed by atoms with van der Waals surface area (Å²) in [5.41, 5.74) is 8.38. The quantitative estimate of drug-likeness (QED) is 0.893. The topological polar surface area (TPSA) is 35.2 Å². The van der Waals surface area contributed by atoms with Crippen molar-refractivity contribution < 1.29 is 9.13 Å². The Morgan fingerprint density at radius 2 is 2.22 bits per heavy atom. The second-order valence-corrected chi connectivity index (χ2v) is 5.86. The Morgan fingerprint density at radius 1 is 1.44 bits per heavy atom. The molecular formula is C15H20FNO. The highest BCUT2D eigenvalue weighted by Crippen LogP contribution is 2.43. The molecule has 0 spiro atoms. The predicted molar refractivity (Wildman–Crippen MR) is 68.8 cm³/mol. The summed E-state index contributed by atoms with van der Waals surface area (Å²) in [6.07, 6.45) is 4.22. The van der Waals surface area contributed by atoms with Gasteiger partial charge in [-0.2, -0.15) is 0 Å². The van der Waals surface area contributed by atoms with Gasteiger partial charge in [-0.25, -0.2) is 4.39 Å². The van der Waals surface area contributed by atoms with Crippen molar-refractivity contribution in [3.8, 4) is 0 Å². The molecule has 0 bridgehead atoms. The van der Waals surface area contributed by atoms with Gasteiger partial charge in [0.25, 0.3) is 0 Å². The van der Waals surface area contributed by atoms with Crippen LogP contribution in [-0.4, -0.2) is 18.2 Å². The zero-order chi connectivity index (χ0) is 12.8. The SMILES string of the molecule is Cc1ccc(F)cc1CC1(N)CCOC1C1CC1. The summed E-state index contributed by atoms with van der Waals surface area (Å²) in [6.45, 7) is 2.76. The van der Waals surface area contributed by atoms with Crippen molar-refractivity contribution in [3.63, 3.8) is 0 Å². The third kappa shape index (κ3) is 2.17. The van der Waals surface area contributed by atoms with Crippen LogP contribution in [0.2, 0.25) is 0 Å². The Kier molecular flexibility index (Phi) is 2.91. The molecule has 3 rings (SSSR count). The summed E-state index contributed by atoms with van der Waals surface area (Å²) in [5.74, 6) is 0.451. The van der Waals surface area contributed by atoms with Crippen molar-refractivity contribution in [2.75, 3.05) is 6.61 Å². The maximum atomic E-state index is 13.3. The third-order valence-corrected chi connectivity index (χ3v) is 4.31. The lowest BCUT2D eigenvalue weighted by atomic mass is 9.82. The molecular weight excluding hydrogens is 229 g/mol. The molecule has 1 saturated carbocycles. The number of halogens is 1. The van der Waals surface area contributed by atoms with Gasteiger partial charge in [-0.15, -0.1) is 0 Å². The largest absolute Gasteiger partial charge is 0.376 e. The van der Waals surface area contributed by atoms with Crippen molar-refractivity contribution >= 4 is 0 Å². The number of benzene rings is 1. The smallest absolute Gasteiger partial charge is 0.123 e. The van der Waals surface area contributed by atoms with Gasteiger partial charge in [0.15, 0.2) is 0 Å². The Morgan fingerprint density at radius 3 is 2.94 bits per heavy atom. The molecule has 1 aromatic carbocycles. The minimum Gasteiger partial charge on any atom is -0.376 e. The summed E-state index contributed by atoms with van der Waals surface area (Å²) in [4.78, 5) is 0. The van der Waals surface area contributed by atoms with Gasteiger partial charge in [-0.1, -0.05) is 6.07 Å². The Balaban J connectivity index is 1.83. The molecule has 2 N–H and O–H groups in total. The van der Waals surface area contributed by atoms with Gasteiger partial charge in [-0.3, -0.25) is 0 Å². The minimum atomic E-state index is -0.306. The molecule has 3 heteroatoms. The molecule has 1 aliphatic heterocycles. The molecule has 2 atom stereocenters. The van der Waals surface area contributed by atoms with E-state index in [1.807, 2.05) is 13.0 Å². The van der Waals surface area contributed by atoms with Crippen LogP contribution < -0.4 is 5.73 Å². The van der Waals surface area contributed by atoms with Gasteiger partial charge in [0, 0.05) is 12.1 Å². The van der Waals surface area contributed by atoms with Crippen molar-refractivity contribution in [2.24, 2.45) is 11.7 Å². The summed E-state index contributed by atoms with van der Waals surface area (Å²) < 4.78 is 19.2.